The Morgan fingerprint density at radius 1 is 1.05 bits per heavy atom. The molecule has 0 bridgehead atoms. The lowest BCUT2D eigenvalue weighted by molar-refractivity contribution is -0.112. The first-order valence-electron chi connectivity index (χ1n) is 12.7. The molecule has 0 radical (unpaired) electrons. The molecule has 2 aromatic carbocycles. The van der Waals surface area contributed by atoms with Crippen molar-refractivity contribution < 1.29 is 19.0 Å². The molecule has 3 aromatic rings. The van der Waals surface area contributed by atoms with Crippen LogP contribution in [0, 0.1) is 18.3 Å². The molecule has 200 valence electrons. The number of nitriles is 1. The maximum absolute atomic E-state index is 12.6. The molecular formula is C29H34N4O4S. The Morgan fingerprint density at radius 3 is 2.50 bits per heavy atom. The lowest BCUT2D eigenvalue weighted by atomic mass is 10.0. The molecule has 0 aliphatic rings. The Bertz CT molecular complexity index is 1310. The number of hydrogen-bond acceptors (Lipinski definition) is 8. The van der Waals surface area contributed by atoms with Crippen LogP contribution in [0.5, 0.6) is 17.2 Å². The molecule has 0 atom stereocenters. The molecule has 8 nitrogen and oxygen atoms in total. The molecule has 0 fully saturated rings. The SMILES string of the molecule is CCCc1nnc(NC(=O)/C(C#N)=C\c2ccc(OCCOc3cc(C)ccc3C(C)C)c(OCC)c2)s1. The maximum Gasteiger partial charge on any atom is 0.268 e. The van der Waals surface area contributed by atoms with Crippen LogP contribution in [0.25, 0.3) is 6.08 Å². The number of nitrogens with one attached hydrogen (secondary N) is 1. The van der Waals surface area contributed by atoms with Crippen LogP contribution in [0.4, 0.5) is 5.13 Å². The first kappa shape index (κ1) is 28.7. The zero-order valence-corrected chi connectivity index (χ0v) is 23.4. The summed E-state index contributed by atoms with van der Waals surface area (Å²) in [7, 11) is 0. The van der Waals surface area contributed by atoms with Gasteiger partial charge < -0.3 is 14.2 Å². The van der Waals surface area contributed by atoms with Gasteiger partial charge in [-0.3, -0.25) is 10.1 Å². The van der Waals surface area contributed by atoms with E-state index >= 15 is 0 Å². The van der Waals surface area contributed by atoms with E-state index in [0.717, 1.165) is 34.7 Å². The first-order chi connectivity index (χ1) is 18.3. The van der Waals surface area contributed by atoms with Crippen molar-refractivity contribution in [3.63, 3.8) is 0 Å². The second-order valence-electron chi connectivity index (χ2n) is 8.91. The fourth-order valence-corrected chi connectivity index (χ4v) is 4.48. The van der Waals surface area contributed by atoms with E-state index in [1.54, 1.807) is 18.2 Å². The van der Waals surface area contributed by atoms with Crippen LogP contribution in [-0.2, 0) is 11.2 Å². The highest BCUT2D eigenvalue weighted by Crippen LogP contribution is 2.30. The number of carbonyl (C=O) groups is 1. The molecule has 0 unspecified atom stereocenters. The summed E-state index contributed by atoms with van der Waals surface area (Å²) in [6.45, 7) is 11.4. The number of carbonyl (C=O) groups excluding carboxylic acids is 1. The Morgan fingerprint density at radius 2 is 1.82 bits per heavy atom. The first-order valence-corrected chi connectivity index (χ1v) is 13.5. The number of amides is 1. The molecule has 1 heterocycles. The Balaban J connectivity index is 1.66. The summed E-state index contributed by atoms with van der Waals surface area (Å²) < 4.78 is 17.7. The third-order valence-corrected chi connectivity index (χ3v) is 6.38. The van der Waals surface area contributed by atoms with Crippen molar-refractivity contribution >= 4 is 28.5 Å². The summed E-state index contributed by atoms with van der Waals surface area (Å²) in [6.07, 6.45) is 3.23. The Hall–Kier alpha value is -3.90. The summed E-state index contributed by atoms with van der Waals surface area (Å²) in [6, 6.07) is 13.5. The molecule has 0 aliphatic heterocycles. The maximum atomic E-state index is 12.6. The van der Waals surface area contributed by atoms with Gasteiger partial charge >= 0.3 is 0 Å². The number of benzene rings is 2. The van der Waals surface area contributed by atoms with E-state index in [0.29, 0.717) is 47.9 Å². The average molecular weight is 535 g/mol. The standard InChI is InChI=1S/C29H34N4O4S/c1-6-8-27-32-33-29(38-27)31-28(34)22(18-30)16-21-10-12-24(26(17-21)35-7-2)36-13-14-37-25-15-20(5)9-11-23(25)19(3)4/h9-12,15-17,19H,6-8,13-14H2,1-5H3,(H,31,33,34)/b22-16-. The molecule has 0 spiro atoms. The number of aryl methyl sites for hydroxylation is 2. The second-order valence-corrected chi connectivity index (χ2v) is 9.97. The van der Waals surface area contributed by atoms with Crippen LogP contribution in [-0.4, -0.2) is 35.9 Å². The molecule has 9 heteroatoms. The number of nitrogens with zero attached hydrogens (tertiary/aromatic N) is 3. The Kier molecular flexibility index (Phi) is 10.7. The predicted octanol–water partition coefficient (Wildman–Crippen LogP) is 6.32. The van der Waals surface area contributed by atoms with Gasteiger partial charge in [-0.1, -0.05) is 50.3 Å². The Labute approximate surface area is 228 Å². The van der Waals surface area contributed by atoms with Crippen molar-refractivity contribution in [1.29, 1.82) is 5.26 Å². The number of rotatable bonds is 13. The van der Waals surface area contributed by atoms with E-state index in [9.17, 15) is 10.1 Å². The van der Waals surface area contributed by atoms with Crippen LogP contribution in [0.3, 0.4) is 0 Å². The van der Waals surface area contributed by atoms with Gasteiger partial charge in [0.1, 0.15) is 35.6 Å². The van der Waals surface area contributed by atoms with Crippen LogP contribution < -0.4 is 19.5 Å². The molecule has 38 heavy (non-hydrogen) atoms. The molecule has 1 aromatic heterocycles. The molecule has 0 saturated heterocycles. The summed E-state index contributed by atoms with van der Waals surface area (Å²) in [5.41, 5.74) is 2.88. The van der Waals surface area contributed by atoms with Gasteiger partial charge in [-0.25, -0.2) is 0 Å². The number of aromatic nitrogens is 2. The molecule has 3 rings (SSSR count). The van der Waals surface area contributed by atoms with Crippen LogP contribution in [0.1, 0.15) is 61.7 Å². The van der Waals surface area contributed by atoms with Gasteiger partial charge in [0, 0.05) is 6.42 Å². The fraction of sp³-hybridized carbons (Fsp3) is 0.379. The molecule has 1 N–H and O–H groups in total. The number of hydrogen-bond donors (Lipinski definition) is 1. The van der Waals surface area contributed by atoms with E-state index < -0.39 is 5.91 Å². The van der Waals surface area contributed by atoms with Gasteiger partial charge in [-0.15, -0.1) is 10.2 Å². The fourth-order valence-electron chi connectivity index (χ4n) is 3.65. The van der Waals surface area contributed by atoms with Gasteiger partial charge in [-0.05, 0) is 67.2 Å². The minimum absolute atomic E-state index is 0.0548. The molecular weight excluding hydrogens is 500 g/mol. The van der Waals surface area contributed by atoms with Crippen molar-refractivity contribution in [2.45, 2.75) is 53.4 Å². The highest BCUT2D eigenvalue weighted by molar-refractivity contribution is 7.15. The van der Waals surface area contributed by atoms with Crippen LogP contribution in [0.2, 0.25) is 0 Å². The lowest BCUT2D eigenvalue weighted by Gasteiger charge is -2.16. The van der Waals surface area contributed by atoms with Gasteiger partial charge in [0.2, 0.25) is 5.13 Å². The number of anilines is 1. The second kappa shape index (κ2) is 14.1. The van der Waals surface area contributed by atoms with E-state index in [-0.39, 0.29) is 5.57 Å². The zero-order valence-electron chi connectivity index (χ0n) is 22.5. The number of ether oxygens (including phenoxy) is 3. The smallest absolute Gasteiger partial charge is 0.268 e. The van der Waals surface area contributed by atoms with Crippen molar-refractivity contribution in [2.75, 3.05) is 25.1 Å². The highest BCUT2D eigenvalue weighted by Gasteiger charge is 2.14. The van der Waals surface area contributed by atoms with Crippen molar-refractivity contribution in [3.05, 3.63) is 63.7 Å². The topological polar surface area (TPSA) is 106 Å². The third kappa shape index (κ3) is 8.05. The molecule has 0 aliphatic carbocycles. The van der Waals surface area contributed by atoms with Crippen LogP contribution >= 0.6 is 11.3 Å². The summed E-state index contributed by atoms with van der Waals surface area (Å²) in [5, 5.41) is 21.5. The van der Waals surface area contributed by atoms with Gasteiger partial charge in [0.15, 0.2) is 11.5 Å². The van der Waals surface area contributed by atoms with Gasteiger partial charge in [0.05, 0.1) is 6.61 Å². The van der Waals surface area contributed by atoms with Crippen molar-refractivity contribution in [2.24, 2.45) is 0 Å². The summed E-state index contributed by atoms with van der Waals surface area (Å²) >= 11 is 1.30. The van der Waals surface area contributed by atoms with Crippen LogP contribution in [0.15, 0.2) is 42.0 Å². The minimum Gasteiger partial charge on any atom is -0.490 e. The monoisotopic (exact) mass is 534 g/mol. The minimum atomic E-state index is -0.543. The largest absolute Gasteiger partial charge is 0.490 e. The zero-order chi connectivity index (χ0) is 27.5. The van der Waals surface area contributed by atoms with Crippen molar-refractivity contribution in [1.82, 2.24) is 10.2 Å². The van der Waals surface area contributed by atoms with E-state index in [4.69, 9.17) is 14.2 Å². The average Bonchev–Trinajstić information content (AvgIpc) is 3.33. The predicted molar refractivity (Wildman–Crippen MR) is 150 cm³/mol. The van der Waals surface area contributed by atoms with E-state index in [1.807, 2.05) is 32.9 Å². The third-order valence-electron chi connectivity index (χ3n) is 5.48. The van der Waals surface area contributed by atoms with Gasteiger partial charge in [-0.2, -0.15) is 5.26 Å². The van der Waals surface area contributed by atoms with Crippen molar-refractivity contribution in [3.8, 4) is 23.3 Å². The van der Waals surface area contributed by atoms with Gasteiger partial charge in [0.25, 0.3) is 5.91 Å². The lowest BCUT2D eigenvalue weighted by Crippen LogP contribution is -2.13. The highest BCUT2D eigenvalue weighted by atomic mass is 32.1. The quantitative estimate of drug-likeness (QED) is 0.155. The normalized spacial score (nSPS) is 11.2. The summed E-state index contributed by atoms with van der Waals surface area (Å²) in [5.74, 6) is 1.76. The summed E-state index contributed by atoms with van der Waals surface area (Å²) in [4.78, 5) is 12.6. The molecule has 1 amide bonds. The molecule has 0 saturated carbocycles. The van der Waals surface area contributed by atoms with E-state index in [2.05, 4.69) is 41.5 Å². The van der Waals surface area contributed by atoms with E-state index in [1.165, 1.54) is 17.4 Å².